The first-order valence-electron chi connectivity index (χ1n) is 26.9. The average molecular weight is 993 g/mol. The Morgan fingerprint density at radius 3 is 0.974 bits per heavy atom. The topological polar surface area (TPSA) is 68.9 Å². The lowest BCUT2D eigenvalue weighted by atomic mass is 9.80. The summed E-state index contributed by atoms with van der Waals surface area (Å²) in [4.78, 5) is 20.9. The second-order valence-corrected chi connectivity index (χ2v) is 21.9. The van der Waals surface area contributed by atoms with Gasteiger partial charge in [-0.15, -0.1) is 0 Å². The largest absolute Gasteiger partial charge is 0.309 e. The lowest BCUT2D eigenvalue weighted by Crippen LogP contribution is -2.26. The maximum Gasteiger partial charge on any atom is 0.164 e. The Bertz CT molecular complexity index is 3810. The van der Waals surface area contributed by atoms with Gasteiger partial charge in [-0.1, -0.05) is 60.7 Å². The van der Waals surface area contributed by atoms with E-state index < -0.39 is 0 Å². The first-order chi connectivity index (χ1) is 36.3. The van der Waals surface area contributed by atoms with Crippen LogP contribution in [0, 0.1) is 122 Å². The van der Waals surface area contributed by atoms with E-state index in [1.165, 1.54) is 134 Å². The van der Waals surface area contributed by atoms with Gasteiger partial charge in [-0.25, -0.2) is 15.0 Å². The monoisotopic (exact) mass is 993 g/mol. The molecule has 6 nitrogen and oxygen atoms in total. The molecule has 0 fully saturated rings. The van der Waals surface area contributed by atoms with Crippen molar-refractivity contribution in [3.8, 4) is 51.4 Å². The molecule has 6 heteroatoms. The van der Waals surface area contributed by atoms with E-state index in [-0.39, 0.29) is 0 Å². The first-order valence-corrected chi connectivity index (χ1v) is 26.9. The SMILES string of the molecule is Cc1c(C)c(C)c2c(c1C)Cc1c(C)c(C)c(C)c(C)c1N2c1ccc(C#N)cc1-c1cc(-c2nc(-c3ccccc3)nc(-c3ccccc3)n2)ccc1N1c2c(C)c(C)c(C)c(C)c2Cc2c(C)c(C)c(C)c(C)c21. The second kappa shape index (κ2) is 18.6. The zero-order valence-corrected chi connectivity index (χ0v) is 47.3. The van der Waals surface area contributed by atoms with Crippen LogP contribution in [0.3, 0.4) is 0 Å². The van der Waals surface area contributed by atoms with E-state index in [4.69, 9.17) is 15.0 Å². The van der Waals surface area contributed by atoms with Gasteiger partial charge in [-0.2, -0.15) is 5.26 Å². The number of fused-ring (bicyclic) bond motifs is 4. The number of rotatable bonds is 6. The number of aromatic nitrogens is 3. The van der Waals surface area contributed by atoms with Gasteiger partial charge in [0.1, 0.15) is 0 Å². The normalized spacial score (nSPS) is 12.6. The highest BCUT2D eigenvalue weighted by molar-refractivity contribution is 6.02. The van der Waals surface area contributed by atoms with Crippen LogP contribution in [-0.2, 0) is 12.8 Å². The smallest absolute Gasteiger partial charge is 0.164 e. The standard InChI is InChI=1S/C70H68N6/c1-36-40(5)48(13)64-56(44(36)9)33-57-45(10)37(2)41(6)49(14)65(57)75(64)62-29-27-52(35-71)31-60(62)61-32-55(70-73-68(53-23-19-17-20-24-53)72-69(74-70)54-25-21-18-22-26-54)28-30-63(61)76-66-50(15)42(7)38(3)46(11)58(66)34-59-47(12)39(4)43(8)51(16)67(59)76/h17-32H,33-34H2,1-16H3. The number of anilines is 6. The summed E-state index contributed by atoms with van der Waals surface area (Å²) in [5, 5.41) is 11.1. The van der Waals surface area contributed by atoms with E-state index in [9.17, 15) is 5.26 Å². The molecule has 0 amide bonds. The fraction of sp³-hybridized carbons (Fsp3) is 0.257. The highest BCUT2D eigenvalue weighted by Gasteiger charge is 2.37. The van der Waals surface area contributed by atoms with E-state index in [2.05, 4.69) is 181 Å². The summed E-state index contributed by atoms with van der Waals surface area (Å²) in [6.07, 6.45) is 1.69. The maximum atomic E-state index is 11.1. The van der Waals surface area contributed by atoms with Crippen LogP contribution in [0.2, 0.25) is 0 Å². The lowest BCUT2D eigenvalue weighted by molar-refractivity contribution is 0.994. The van der Waals surface area contributed by atoms with Crippen molar-refractivity contribution < 1.29 is 0 Å². The molecular weight excluding hydrogens is 925 g/mol. The van der Waals surface area contributed by atoms with E-state index in [0.717, 1.165) is 52.0 Å². The number of nitrogens with zero attached hydrogens (tertiary/aromatic N) is 6. The zero-order chi connectivity index (χ0) is 53.9. The predicted octanol–water partition coefficient (Wildman–Crippen LogP) is 18.1. The minimum atomic E-state index is 0.568. The Hall–Kier alpha value is -8.14. The summed E-state index contributed by atoms with van der Waals surface area (Å²) < 4.78 is 0. The summed E-state index contributed by atoms with van der Waals surface area (Å²) in [5.41, 5.74) is 38.5. The third-order valence-corrected chi connectivity index (χ3v) is 18.6. The van der Waals surface area contributed by atoms with Gasteiger partial charge in [-0.05, 0) is 258 Å². The van der Waals surface area contributed by atoms with Crippen molar-refractivity contribution >= 4 is 34.1 Å². The van der Waals surface area contributed by atoms with Crippen molar-refractivity contribution in [3.05, 3.63) is 214 Å². The molecule has 9 aromatic rings. The Labute approximate surface area is 450 Å². The van der Waals surface area contributed by atoms with Gasteiger partial charge in [0, 0.05) is 40.7 Å². The predicted molar refractivity (Wildman–Crippen MR) is 317 cm³/mol. The van der Waals surface area contributed by atoms with Gasteiger partial charge < -0.3 is 9.80 Å². The molecule has 0 N–H and O–H groups in total. The van der Waals surface area contributed by atoms with Gasteiger partial charge in [-0.3, -0.25) is 0 Å². The molecule has 0 saturated heterocycles. The van der Waals surface area contributed by atoms with Gasteiger partial charge in [0.15, 0.2) is 17.5 Å². The van der Waals surface area contributed by atoms with Crippen molar-refractivity contribution in [1.29, 1.82) is 5.26 Å². The molecule has 11 rings (SSSR count). The molecule has 0 aliphatic carbocycles. The van der Waals surface area contributed by atoms with Gasteiger partial charge in [0.05, 0.1) is 45.8 Å². The minimum absolute atomic E-state index is 0.568. The molecule has 76 heavy (non-hydrogen) atoms. The highest BCUT2D eigenvalue weighted by atomic mass is 15.2. The Balaban J connectivity index is 1.31. The molecule has 3 heterocycles. The molecule has 0 radical (unpaired) electrons. The fourth-order valence-corrected chi connectivity index (χ4v) is 12.7. The van der Waals surface area contributed by atoms with Crippen LogP contribution in [0.1, 0.15) is 117 Å². The van der Waals surface area contributed by atoms with Crippen molar-refractivity contribution in [2.45, 2.75) is 124 Å². The molecule has 0 saturated carbocycles. The Kier molecular flexibility index (Phi) is 12.2. The van der Waals surface area contributed by atoms with Crippen molar-refractivity contribution in [1.82, 2.24) is 15.0 Å². The highest BCUT2D eigenvalue weighted by Crippen LogP contribution is 2.57. The first kappa shape index (κ1) is 50.0. The van der Waals surface area contributed by atoms with Crippen LogP contribution in [0.4, 0.5) is 34.1 Å². The quantitative estimate of drug-likeness (QED) is 0.165. The molecule has 8 aromatic carbocycles. The Morgan fingerprint density at radius 1 is 0.329 bits per heavy atom. The van der Waals surface area contributed by atoms with Crippen molar-refractivity contribution in [2.75, 3.05) is 9.80 Å². The van der Waals surface area contributed by atoms with E-state index in [1.54, 1.807) is 0 Å². The molecule has 378 valence electrons. The van der Waals surface area contributed by atoms with Crippen LogP contribution in [0.25, 0.3) is 45.3 Å². The van der Waals surface area contributed by atoms with E-state index >= 15 is 0 Å². The minimum Gasteiger partial charge on any atom is -0.309 e. The fourth-order valence-electron chi connectivity index (χ4n) is 12.7. The second-order valence-electron chi connectivity index (χ2n) is 21.9. The van der Waals surface area contributed by atoms with Gasteiger partial charge >= 0.3 is 0 Å². The summed E-state index contributed by atoms with van der Waals surface area (Å²) in [5.74, 6) is 1.77. The van der Waals surface area contributed by atoms with Crippen molar-refractivity contribution in [3.63, 3.8) is 0 Å². The molecule has 0 unspecified atom stereocenters. The number of hydrogen-bond donors (Lipinski definition) is 0. The average Bonchev–Trinajstić information content (AvgIpc) is 3.48. The third kappa shape index (κ3) is 7.53. The summed E-state index contributed by atoms with van der Waals surface area (Å²) >= 11 is 0. The number of hydrogen-bond acceptors (Lipinski definition) is 6. The summed E-state index contributed by atoms with van der Waals surface area (Å²) in [6.45, 7) is 36.7. The van der Waals surface area contributed by atoms with E-state index in [1.807, 2.05) is 42.5 Å². The number of nitriles is 1. The lowest BCUT2D eigenvalue weighted by Gasteiger charge is -2.42. The van der Waals surface area contributed by atoms with Crippen LogP contribution >= 0.6 is 0 Å². The van der Waals surface area contributed by atoms with Crippen LogP contribution in [0.5, 0.6) is 0 Å². The summed E-state index contributed by atoms with van der Waals surface area (Å²) in [6, 6.07) is 36.2. The van der Waals surface area contributed by atoms with Gasteiger partial charge in [0.2, 0.25) is 0 Å². The van der Waals surface area contributed by atoms with Crippen molar-refractivity contribution in [2.24, 2.45) is 0 Å². The number of benzene rings is 8. The Morgan fingerprint density at radius 2 is 0.632 bits per heavy atom. The molecular formula is C70H68N6. The molecule has 2 aliphatic heterocycles. The molecule has 0 spiro atoms. The van der Waals surface area contributed by atoms with Crippen LogP contribution in [0.15, 0.2) is 97.1 Å². The zero-order valence-electron chi connectivity index (χ0n) is 47.3. The summed E-state index contributed by atoms with van der Waals surface area (Å²) in [7, 11) is 0. The van der Waals surface area contributed by atoms with Gasteiger partial charge in [0.25, 0.3) is 0 Å². The van der Waals surface area contributed by atoms with Crippen LogP contribution in [-0.4, -0.2) is 15.0 Å². The maximum absolute atomic E-state index is 11.1. The molecule has 2 aliphatic rings. The molecule has 0 atom stereocenters. The van der Waals surface area contributed by atoms with Crippen LogP contribution < -0.4 is 9.80 Å². The molecule has 1 aromatic heterocycles. The molecule has 0 bridgehead atoms. The third-order valence-electron chi connectivity index (χ3n) is 18.6. The van der Waals surface area contributed by atoms with E-state index in [0.29, 0.717) is 23.0 Å².